The lowest BCUT2D eigenvalue weighted by molar-refractivity contribution is 0.102. The van der Waals surface area contributed by atoms with E-state index in [1.807, 2.05) is 0 Å². The molecule has 3 N–H and O–H groups in total. The summed E-state index contributed by atoms with van der Waals surface area (Å²) in [5.74, 6) is -0.552. The average Bonchev–Trinajstić information content (AvgIpc) is 3.05. The number of carbonyl (C=O) groups excluding carboxylic acids is 1. The molecule has 3 aromatic rings. The summed E-state index contributed by atoms with van der Waals surface area (Å²) in [4.78, 5) is 12.2. The van der Waals surface area contributed by atoms with Crippen LogP contribution in [0.25, 0.3) is 0 Å². The molecule has 3 rings (SSSR count). The zero-order valence-corrected chi connectivity index (χ0v) is 15.4. The molecule has 2 aromatic carbocycles. The van der Waals surface area contributed by atoms with Crippen LogP contribution in [0.2, 0.25) is 10.0 Å². The van der Waals surface area contributed by atoms with Gasteiger partial charge >= 0.3 is 0 Å². The number of rotatable bonds is 5. The maximum absolute atomic E-state index is 12.6. The van der Waals surface area contributed by atoms with E-state index in [0.717, 1.165) is 0 Å². The van der Waals surface area contributed by atoms with Gasteiger partial charge in [-0.25, -0.2) is 8.42 Å². The molecule has 0 radical (unpaired) electrons. The van der Waals surface area contributed by atoms with E-state index in [0.29, 0.717) is 5.69 Å². The number of anilines is 2. The van der Waals surface area contributed by atoms with Crippen molar-refractivity contribution in [2.75, 3.05) is 10.0 Å². The first kappa shape index (κ1) is 18.2. The van der Waals surface area contributed by atoms with Crippen molar-refractivity contribution >= 4 is 50.5 Å². The molecular formula is C16H12Cl2N4O3S. The van der Waals surface area contributed by atoms with Crippen LogP contribution in [0.1, 0.15) is 10.5 Å². The second-order valence-corrected chi connectivity index (χ2v) is 7.65. The number of aromatic amines is 1. The van der Waals surface area contributed by atoms with Crippen molar-refractivity contribution in [3.63, 3.8) is 0 Å². The second-order valence-electron chi connectivity index (χ2n) is 5.16. The van der Waals surface area contributed by atoms with E-state index in [9.17, 15) is 13.2 Å². The molecule has 0 saturated heterocycles. The fourth-order valence-electron chi connectivity index (χ4n) is 2.13. The summed E-state index contributed by atoms with van der Waals surface area (Å²) in [6, 6.07) is 12.8. The van der Waals surface area contributed by atoms with Crippen molar-refractivity contribution in [3.8, 4) is 0 Å². The number of hydrogen-bond acceptors (Lipinski definition) is 4. The number of halogens is 2. The molecule has 10 heteroatoms. The Morgan fingerprint density at radius 1 is 1.08 bits per heavy atom. The molecule has 0 spiro atoms. The number of aromatic nitrogens is 2. The molecule has 0 aliphatic rings. The van der Waals surface area contributed by atoms with Crippen LogP contribution in [-0.4, -0.2) is 24.5 Å². The predicted octanol–water partition coefficient (Wildman–Crippen LogP) is 3.77. The summed E-state index contributed by atoms with van der Waals surface area (Å²) < 4.78 is 27.4. The highest BCUT2D eigenvalue weighted by Crippen LogP contribution is 2.27. The Hall–Kier alpha value is -2.55. The Labute approximate surface area is 159 Å². The van der Waals surface area contributed by atoms with Crippen LogP contribution in [-0.2, 0) is 10.0 Å². The monoisotopic (exact) mass is 410 g/mol. The lowest BCUT2D eigenvalue weighted by Gasteiger charge is -2.10. The minimum absolute atomic E-state index is 0.000631. The molecule has 0 saturated carbocycles. The number of amides is 1. The zero-order valence-electron chi connectivity index (χ0n) is 13.0. The van der Waals surface area contributed by atoms with Gasteiger partial charge in [0.15, 0.2) is 0 Å². The Morgan fingerprint density at radius 2 is 1.81 bits per heavy atom. The number of H-pyrrole nitrogens is 1. The van der Waals surface area contributed by atoms with E-state index in [1.165, 1.54) is 24.4 Å². The standard InChI is InChI=1S/C16H12Cl2N4O3S/c17-10-6-7-12(18)14(8-10)26(24,25)22-13-9-19-21-15(13)16(23)20-11-4-2-1-3-5-11/h1-9,22H,(H,19,21)(H,20,23). The number of carbonyl (C=O) groups is 1. The summed E-state index contributed by atoms with van der Waals surface area (Å²) in [6.07, 6.45) is 1.19. The topological polar surface area (TPSA) is 104 Å². The molecular weight excluding hydrogens is 399 g/mol. The molecule has 7 nitrogen and oxygen atoms in total. The van der Waals surface area contributed by atoms with E-state index in [1.54, 1.807) is 30.3 Å². The van der Waals surface area contributed by atoms with E-state index in [-0.39, 0.29) is 26.3 Å². The van der Waals surface area contributed by atoms with Gasteiger partial charge in [-0.1, -0.05) is 41.4 Å². The Kier molecular flexibility index (Phi) is 5.17. The lowest BCUT2D eigenvalue weighted by Crippen LogP contribution is -2.18. The Bertz CT molecular complexity index is 1050. The van der Waals surface area contributed by atoms with Gasteiger partial charge in [0.1, 0.15) is 10.6 Å². The zero-order chi connectivity index (χ0) is 18.7. The van der Waals surface area contributed by atoms with Crippen LogP contribution >= 0.6 is 23.2 Å². The first-order valence-corrected chi connectivity index (χ1v) is 9.48. The normalized spacial score (nSPS) is 11.2. The van der Waals surface area contributed by atoms with Crippen LogP contribution in [0.3, 0.4) is 0 Å². The summed E-state index contributed by atoms with van der Waals surface area (Å²) in [5.41, 5.74) is 0.490. The number of nitrogens with one attached hydrogen (secondary N) is 3. The number of para-hydroxylation sites is 1. The van der Waals surface area contributed by atoms with E-state index in [4.69, 9.17) is 23.2 Å². The Morgan fingerprint density at radius 3 is 2.54 bits per heavy atom. The van der Waals surface area contributed by atoms with Gasteiger partial charge in [0.25, 0.3) is 15.9 Å². The minimum atomic E-state index is -4.07. The van der Waals surface area contributed by atoms with Gasteiger partial charge in [-0.05, 0) is 30.3 Å². The van der Waals surface area contributed by atoms with Gasteiger partial charge in [-0.15, -0.1) is 0 Å². The van der Waals surface area contributed by atoms with Crippen LogP contribution in [0, 0.1) is 0 Å². The number of benzene rings is 2. The highest BCUT2D eigenvalue weighted by molar-refractivity contribution is 7.92. The van der Waals surface area contributed by atoms with Crippen LogP contribution in [0.15, 0.2) is 59.6 Å². The van der Waals surface area contributed by atoms with Crippen molar-refractivity contribution < 1.29 is 13.2 Å². The van der Waals surface area contributed by atoms with E-state index < -0.39 is 15.9 Å². The van der Waals surface area contributed by atoms with Gasteiger partial charge in [0.05, 0.1) is 16.9 Å². The number of sulfonamides is 1. The second kappa shape index (κ2) is 7.36. The molecule has 0 bridgehead atoms. The summed E-state index contributed by atoms with van der Waals surface area (Å²) >= 11 is 11.8. The molecule has 1 aromatic heterocycles. The van der Waals surface area contributed by atoms with Crippen LogP contribution < -0.4 is 10.0 Å². The molecule has 26 heavy (non-hydrogen) atoms. The first-order chi connectivity index (χ1) is 12.4. The van der Waals surface area contributed by atoms with Crippen LogP contribution in [0.4, 0.5) is 11.4 Å². The largest absolute Gasteiger partial charge is 0.321 e. The van der Waals surface area contributed by atoms with Crippen LogP contribution in [0.5, 0.6) is 0 Å². The molecule has 0 aliphatic carbocycles. The summed E-state index contributed by atoms with van der Waals surface area (Å²) in [6.45, 7) is 0. The fraction of sp³-hybridized carbons (Fsp3) is 0. The van der Waals surface area contributed by atoms with Gasteiger partial charge in [-0.3, -0.25) is 14.6 Å². The average molecular weight is 411 g/mol. The molecule has 0 unspecified atom stereocenters. The number of nitrogens with zero attached hydrogens (tertiary/aromatic N) is 1. The predicted molar refractivity (Wildman–Crippen MR) is 100 cm³/mol. The van der Waals surface area contributed by atoms with Gasteiger partial charge in [0, 0.05) is 10.7 Å². The van der Waals surface area contributed by atoms with Crippen molar-refractivity contribution in [2.24, 2.45) is 0 Å². The van der Waals surface area contributed by atoms with Crippen molar-refractivity contribution in [3.05, 3.63) is 70.5 Å². The molecule has 1 heterocycles. The summed E-state index contributed by atoms with van der Waals surface area (Å²) in [5, 5.41) is 9.06. The molecule has 0 fully saturated rings. The number of hydrogen-bond donors (Lipinski definition) is 3. The Balaban J connectivity index is 1.87. The highest BCUT2D eigenvalue weighted by atomic mass is 35.5. The third-order valence-corrected chi connectivity index (χ3v) is 5.41. The maximum Gasteiger partial charge on any atom is 0.275 e. The molecule has 0 atom stereocenters. The van der Waals surface area contributed by atoms with Crippen molar-refractivity contribution in [1.82, 2.24) is 10.2 Å². The summed E-state index contributed by atoms with van der Waals surface area (Å²) in [7, 11) is -4.07. The lowest BCUT2D eigenvalue weighted by atomic mass is 10.3. The van der Waals surface area contributed by atoms with Crippen molar-refractivity contribution in [2.45, 2.75) is 4.90 Å². The SMILES string of the molecule is O=C(Nc1ccccc1)c1[nH]ncc1NS(=O)(=O)c1cc(Cl)ccc1Cl. The minimum Gasteiger partial charge on any atom is -0.321 e. The third kappa shape index (κ3) is 3.98. The molecule has 0 aliphatic heterocycles. The van der Waals surface area contributed by atoms with E-state index in [2.05, 4.69) is 20.2 Å². The quantitative estimate of drug-likeness (QED) is 0.595. The smallest absolute Gasteiger partial charge is 0.275 e. The highest BCUT2D eigenvalue weighted by Gasteiger charge is 2.23. The van der Waals surface area contributed by atoms with Crippen molar-refractivity contribution in [1.29, 1.82) is 0 Å². The third-order valence-electron chi connectivity index (χ3n) is 3.33. The molecule has 134 valence electrons. The van der Waals surface area contributed by atoms with Gasteiger partial charge in [-0.2, -0.15) is 5.10 Å². The first-order valence-electron chi connectivity index (χ1n) is 7.24. The van der Waals surface area contributed by atoms with Gasteiger partial charge in [0.2, 0.25) is 0 Å². The molecule has 1 amide bonds. The van der Waals surface area contributed by atoms with E-state index >= 15 is 0 Å². The fourth-order valence-corrected chi connectivity index (χ4v) is 3.95. The maximum atomic E-state index is 12.6. The van der Waals surface area contributed by atoms with Gasteiger partial charge < -0.3 is 5.32 Å².